The van der Waals surface area contributed by atoms with Crippen LogP contribution in [0.5, 0.6) is 0 Å². The summed E-state index contributed by atoms with van der Waals surface area (Å²) >= 11 is 0. The second-order valence-electron chi connectivity index (χ2n) is 10.6. The van der Waals surface area contributed by atoms with Crippen molar-refractivity contribution in [3.05, 3.63) is 114 Å². The maximum atomic E-state index is 12.8. The lowest BCUT2D eigenvalue weighted by atomic mass is 10.1. The fraction of sp³-hybridized carbons (Fsp3) is 0.182. The first-order valence-electron chi connectivity index (χ1n) is 13.4. The van der Waals surface area contributed by atoms with E-state index in [4.69, 9.17) is 4.98 Å². The molecule has 4 aromatic carbocycles. The van der Waals surface area contributed by atoms with Crippen LogP contribution in [0.1, 0.15) is 35.8 Å². The number of nitrogens with zero attached hydrogens (tertiary/aromatic N) is 1. The number of benzene rings is 4. The van der Waals surface area contributed by atoms with E-state index >= 15 is 0 Å². The van der Waals surface area contributed by atoms with Crippen LogP contribution in [-0.4, -0.2) is 21.8 Å². The third-order valence-electron chi connectivity index (χ3n) is 7.89. The Morgan fingerprint density at radius 2 is 1.21 bits per heavy atom. The molecular formula is C33H28N4O2. The molecule has 6 nitrogen and oxygen atoms in total. The van der Waals surface area contributed by atoms with Gasteiger partial charge in [0.25, 0.3) is 0 Å². The van der Waals surface area contributed by atoms with Crippen molar-refractivity contribution in [1.82, 2.24) is 9.97 Å². The molecule has 2 aliphatic carbocycles. The maximum Gasteiger partial charge on any atom is 0.228 e. The molecule has 0 spiro atoms. The highest BCUT2D eigenvalue weighted by Crippen LogP contribution is 2.48. The summed E-state index contributed by atoms with van der Waals surface area (Å²) in [6, 6.07) is 33.9. The van der Waals surface area contributed by atoms with Crippen molar-refractivity contribution in [2.24, 2.45) is 11.8 Å². The fourth-order valence-electron chi connectivity index (χ4n) is 5.51. The standard InChI is InChI=1S/C33H28N4O2/c38-32(27-18-25(27)20-7-3-1-4-8-20)34-23-13-11-22(12-14-23)31-36-29-16-15-24(17-30(29)37-31)35-33(39)28-19-26(28)21-9-5-2-6-10-21/h1-17,25-28H,18-19H2,(H,34,38)(H,35,39)(H,36,37)/t25-,26-,27+,28+/m0/s1. The normalized spacial score (nSPS) is 21.3. The minimum absolute atomic E-state index is 0.0172. The average molecular weight is 513 g/mol. The Morgan fingerprint density at radius 1 is 0.667 bits per heavy atom. The molecule has 5 aromatic rings. The number of amides is 2. The van der Waals surface area contributed by atoms with Crippen LogP contribution in [0.15, 0.2) is 103 Å². The minimum atomic E-state index is 0.0172. The van der Waals surface area contributed by atoms with Crippen LogP contribution in [0, 0.1) is 11.8 Å². The number of carbonyl (C=O) groups excluding carboxylic acids is 2. The predicted octanol–water partition coefficient (Wildman–Crippen LogP) is 6.71. The first-order chi connectivity index (χ1) is 19.1. The van der Waals surface area contributed by atoms with Gasteiger partial charge in [0, 0.05) is 28.8 Å². The molecule has 39 heavy (non-hydrogen) atoms. The highest BCUT2D eigenvalue weighted by molar-refractivity contribution is 5.97. The second-order valence-corrected chi connectivity index (χ2v) is 10.6. The fourth-order valence-corrected chi connectivity index (χ4v) is 5.51. The first kappa shape index (κ1) is 23.4. The van der Waals surface area contributed by atoms with Crippen molar-refractivity contribution in [2.45, 2.75) is 24.7 Å². The van der Waals surface area contributed by atoms with Crippen molar-refractivity contribution in [3.8, 4) is 11.4 Å². The molecule has 0 aliphatic heterocycles. The lowest BCUT2D eigenvalue weighted by Crippen LogP contribution is -2.14. The first-order valence-corrected chi connectivity index (χ1v) is 13.4. The molecule has 2 aliphatic rings. The van der Waals surface area contributed by atoms with Gasteiger partial charge in [-0.2, -0.15) is 0 Å². The Bertz CT molecular complexity index is 1660. The number of hydrogen-bond donors (Lipinski definition) is 3. The van der Waals surface area contributed by atoms with E-state index in [0.717, 1.165) is 46.6 Å². The molecule has 1 heterocycles. The van der Waals surface area contributed by atoms with Gasteiger partial charge in [0.1, 0.15) is 5.82 Å². The summed E-state index contributed by atoms with van der Waals surface area (Å²) in [5, 5.41) is 6.12. The number of hydrogen-bond acceptors (Lipinski definition) is 3. The molecule has 2 amide bonds. The van der Waals surface area contributed by atoms with Gasteiger partial charge in [-0.25, -0.2) is 4.98 Å². The highest BCUT2D eigenvalue weighted by Gasteiger charge is 2.44. The number of imidazole rings is 1. The Labute approximate surface area is 226 Å². The Kier molecular flexibility index (Phi) is 5.73. The van der Waals surface area contributed by atoms with Crippen LogP contribution in [0.4, 0.5) is 11.4 Å². The van der Waals surface area contributed by atoms with E-state index in [0.29, 0.717) is 11.8 Å². The van der Waals surface area contributed by atoms with Gasteiger partial charge in [0.05, 0.1) is 11.0 Å². The van der Waals surface area contributed by atoms with E-state index in [1.807, 2.05) is 78.9 Å². The number of anilines is 2. The van der Waals surface area contributed by atoms with Crippen molar-refractivity contribution >= 4 is 34.2 Å². The molecule has 0 saturated heterocycles. The largest absolute Gasteiger partial charge is 0.338 e. The topological polar surface area (TPSA) is 86.9 Å². The second kappa shape index (κ2) is 9.55. The molecule has 4 atom stereocenters. The van der Waals surface area contributed by atoms with Crippen LogP contribution in [0.3, 0.4) is 0 Å². The monoisotopic (exact) mass is 512 g/mol. The Morgan fingerprint density at radius 3 is 1.79 bits per heavy atom. The van der Waals surface area contributed by atoms with Crippen LogP contribution in [0.25, 0.3) is 22.4 Å². The summed E-state index contributed by atoms with van der Waals surface area (Å²) in [5.41, 5.74) is 6.59. The van der Waals surface area contributed by atoms with Crippen LogP contribution < -0.4 is 10.6 Å². The minimum Gasteiger partial charge on any atom is -0.338 e. The van der Waals surface area contributed by atoms with Gasteiger partial charge in [-0.3, -0.25) is 9.59 Å². The van der Waals surface area contributed by atoms with Crippen LogP contribution >= 0.6 is 0 Å². The molecule has 6 heteroatoms. The summed E-state index contributed by atoms with van der Waals surface area (Å²) in [4.78, 5) is 33.6. The lowest BCUT2D eigenvalue weighted by Gasteiger charge is -2.06. The molecule has 1 aromatic heterocycles. The number of aromatic nitrogens is 2. The number of carbonyl (C=O) groups is 2. The molecule has 0 unspecified atom stereocenters. The van der Waals surface area contributed by atoms with Crippen molar-refractivity contribution < 1.29 is 9.59 Å². The van der Waals surface area contributed by atoms with E-state index in [-0.39, 0.29) is 23.7 Å². The molecule has 0 radical (unpaired) electrons. The van der Waals surface area contributed by atoms with Gasteiger partial charge >= 0.3 is 0 Å². The van der Waals surface area contributed by atoms with E-state index in [1.165, 1.54) is 11.1 Å². The zero-order valence-corrected chi connectivity index (χ0v) is 21.3. The van der Waals surface area contributed by atoms with Crippen molar-refractivity contribution in [2.75, 3.05) is 10.6 Å². The smallest absolute Gasteiger partial charge is 0.228 e. The molecule has 2 saturated carbocycles. The Balaban J connectivity index is 0.988. The number of H-pyrrole nitrogens is 1. The van der Waals surface area contributed by atoms with Crippen molar-refractivity contribution in [3.63, 3.8) is 0 Å². The molecule has 0 bridgehead atoms. The summed E-state index contributed by atoms with van der Waals surface area (Å²) < 4.78 is 0. The summed E-state index contributed by atoms with van der Waals surface area (Å²) in [7, 11) is 0. The van der Waals surface area contributed by atoms with Gasteiger partial charge in [-0.15, -0.1) is 0 Å². The highest BCUT2D eigenvalue weighted by atomic mass is 16.2. The van der Waals surface area contributed by atoms with E-state index in [1.54, 1.807) is 0 Å². The molecule has 2 fully saturated rings. The maximum absolute atomic E-state index is 12.8. The zero-order valence-electron chi connectivity index (χ0n) is 21.3. The van der Waals surface area contributed by atoms with Gasteiger partial charge < -0.3 is 15.6 Å². The van der Waals surface area contributed by atoms with Gasteiger partial charge in [0.2, 0.25) is 11.8 Å². The summed E-state index contributed by atoms with van der Waals surface area (Å²) in [6.07, 6.45) is 1.78. The Hall–Kier alpha value is -4.71. The zero-order chi connectivity index (χ0) is 26.3. The number of nitrogens with one attached hydrogen (secondary N) is 3. The number of aromatic amines is 1. The van der Waals surface area contributed by atoms with Gasteiger partial charge in [-0.05, 0) is 78.3 Å². The quantitative estimate of drug-likeness (QED) is 0.226. The van der Waals surface area contributed by atoms with E-state index < -0.39 is 0 Å². The number of fused-ring (bicyclic) bond motifs is 1. The third kappa shape index (κ3) is 4.81. The molecule has 7 rings (SSSR count). The summed E-state index contributed by atoms with van der Waals surface area (Å²) in [6.45, 7) is 0. The third-order valence-corrected chi connectivity index (χ3v) is 7.89. The molecule has 192 valence electrons. The number of rotatable bonds is 7. The van der Waals surface area contributed by atoms with Crippen molar-refractivity contribution in [1.29, 1.82) is 0 Å². The lowest BCUT2D eigenvalue weighted by molar-refractivity contribution is -0.118. The van der Waals surface area contributed by atoms with Crippen LogP contribution in [0.2, 0.25) is 0 Å². The molecule has 3 N–H and O–H groups in total. The van der Waals surface area contributed by atoms with E-state index in [9.17, 15) is 9.59 Å². The molecular weight excluding hydrogens is 484 g/mol. The SMILES string of the molecule is O=C(Nc1ccc(-c2nc3ccc(NC(=O)[C@@H]4C[C@H]4c4ccccc4)cc3[nH]2)cc1)[C@@H]1C[C@H]1c1ccccc1. The summed E-state index contributed by atoms with van der Waals surface area (Å²) in [5.74, 6) is 1.52. The van der Waals surface area contributed by atoms with Gasteiger partial charge in [0.15, 0.2) is 0 Å². The predicted molar refractivity (Wildman–Crippen MR) is 153 cm³/mol. The van der Waals surface area contributed by atoms with E-state index in [2.05, 4.69) is 39.9 Å². The van der Waals surface area contributed by atoms with Crippen LogP contribution in [-0.2, 0) is 9.59 Å². The van der Waals surface area contributed by atoms with Gasteiger partial charge in [-0.1, -0.05) is 60.7 Å². The average Bonchev–Trinajstić information content (AvgIpc) is 3.90.